The Morgan fingerprint density at radius 2 is 2.25 bits per heavy atom. The quantitative estimate of drug-likeness (QED) is 0.623. The van der Waals surface area contributed by atoms with Crippen molar-refractivity contribution in [2.45, 2.75) is 19.9 Å². The number of furan rings is 1. The second-order valence-electron chi connectivity index (χ2n) is 4.31. The van der Waals surface area contributed by atoms with E-state index in [1.165, 1.54) is 5.56 Å². The van der Waals surface area contributed by atoms with Crippen molar-refractivity contribution in [1.82, 2.24) is 15.6 Å². The van der Waals surface area contributed by atoms with Crippen molar-refractivity contribution in [2.24, 2.45) is 4.99 Å². The molecule has 0 unspecified atom stereocenters. The average molecular weight is 272 g/mol. The lowest BCUT2D eigenvalue weighted by Gasteiger charge is -2.10. The van der Waals surface area contributed by atoms with E-state index < -0.39 is 0 Å². The van der Waals surface area contributed by atoms with Crippen LogP contribution in [-0.4, -0.2) is 24.0 Å². The lowest BCUT2D eigenvalue weighted by molar-refractivity contribution is 0.512. The second kappa shape index (κ2) is 7.99. The Morgan fingerprint density at radius 3 is 2.95 bits per heavy atom. The maximum atomic E-state index is 5.26. The van der Waals surface area contributed by atoms with Crippen LogP contribution in [0.1, 0.15) is 18.2 Å². The van der Waals surface area contributed by atoms with E-state index in [0.717, 1.165) is 31.2 Å². The fourth-order valence-electron chi connectivity index (χ4n) is 1.77. The van der Waals surface area contributed by atoms with Crippen LogP contribution < -0.4 is 10.6 Å². The normalized spacial score (nSPS) is 11.3. The van der Waals surface area contributed by atoms with Gasteiger partial charge in [-0.1, -0.05) is 6.07 Å². The lowest BCUT2D eigenvalue weighted by atomic mass is 10.2. The third-order valence-electron chi connectivity index (χ3n) is 2.75. The summed E-state index contributed by atoms with van der Waals surface area (Å²) < 4.78 is 5.26. The average Bonchev–Trinajstić information content (AvgIpc) is 2.99. The molecule has 0 atom stereocenters. The Hall–Kier alpha value is -2.30. The van der Waals surface area contributed by atoms with Crippen LogP contribution in [0.4, 0.5) is 0 Å². The predicted molar refractivity (Wildman–Crippen MR) is 79.5 cm³/mol. The number of aromatic nitrogens is 1. The van der Waals surface area contributed by atoms with E-state index in [9.17, 15) is 0 Å². The first-order valence-electron chi connectivity index (χ1n) is 6.82. The number of pyridine rings is 1. The van der Waals surface area contributed by atoms with E-state index in [-0.39, 0.29) is 0 Å². The molecule has 2 aromatic rings. The Morgan fingerprint density at radius 1 is 1.30 bits per heavy atom. The van der Waals surface area contributed by atoms with Crippen molar-refractivity contribution in [3.63, 3.8) is 0 Å². The van der Waals surface area contributed by atoms with Gasteiger partial charge in [0.1, 0.15) is 12.3 Å². The molecule has 0 spiro atoms. The SMILES string of the molecule is CCNC(=NCc1ccco1)NCCc1cccnc1. The van der Waals surface area contributed by atoms with E-state index in [1.54, 1.807) is 12.5 Å². The summed E-state index contributed by atoms with van der Waals surface area (Å²) in [5.74, 6) is 1.65. The van der Waals surface area contributed by atoms with Gasteiger partial charge in [-0.15, -0.1) is 0 Å². The minimum Gasteiger partial charge on any atom is -0.467 e. The number of aliphatic imine (C=N–C) groups is 1. The number of guanidine groups is 1. The van der Waals surface area contributed by atoms with E-state index in [1.807, 2.05) is 31.3 Å². The predicted octanol–water partition coefficient (Wildman–Crippen LogP) is 1.97. The molecule has 0 amide bonds. The van der Waals surface area contributed by atoms with Crippen LogP contribution in [0.25, 0.3) is 0 Å². The van der Waals surface area contributed by atoms with E-state index >= 15 is 0 Å². The highest BCUT2D eigenvalue weighted by atomic mass is 16.3. The molecule has 0 bridgehead atoms. The summed E-state index contributed by atoms with van der Waals surface area (Å²) in [6, 6.07) is 7.81. The molecule has 0 aliphatic heterocycles. The van der Waals surface area contributed by atoms with Gasteiger partial charge in [-0.05, 0) is 37.1 Å². The third kappa shape index (κ3) is 4.76. The van der Waals surface area contributed by atoms with Gasteiger partial charge in [0, 0.05) is 25.5 Å². The first-order valence-corrected chi connectivity index (χ1v) is 6.82. The van der Waals surface area contributed by atoms with Gasteiger partial charge in [0.25, 0.3) is 0 Å². The molecular formula is C15H20N4O. The Labute approximate surface area is 119 Å². The largest absolute Gasteiger partial charge is 0.467 e. The summed E-state index contributed by atoms with van der Waals surface area (Å²) in [6.45, 7) is 4.23. The van der Waals surface area contributed by atoms with Crippen LogP contribution in [-0.2, 0) is 13.0 Å². The van der Waals surface area contributed by atoms with Crippen LogP contribution in [0.15, 0.2) is 52.3 Å². The molecule has 2 heterocycles. The standard InChI is InChI=1S/C15H20N4O/c1-2-17-15(19-12-14-6-4-10-20-14)18-9-7-13-5-3-8-16-11-13/h3-6,8,10-11H,2,7,9,12H2,1H3,(H2,17,18,19). The van der Waals surface area contributed by atoms with Gasteiger partial charge >= 0.3 is 0 Å². The number of hydrogen-bond acceptors (Lipinski definition) is 3. The first kappa shape index (κ1) is 14.1. The molecule has 0 saturated carbocycles. The number of nitrogens with zero attached hydrogens (tertiary/aromatic N) is 2. The summed E-state index contributed by atoms with van der Waals surface area (Å²) in [6.07, 6.45) is 6.24. The lowest BCUT2D eigenvalue weighted by Crippen LogP contribution is -2.38. The fraction of sp³-hybridized carbons (Fsp3) is 0.333. The summed E-state index contributed by atoms with van der Waals surface area (Å²) in [5, 5.41) is 6.51. The topological polar surface area (TPSA) is 62.5 Å². The van der Waals surface area contributed by atoms with Gasteiger partial charge < -0.3 is 15.1 Å². The zero-order valence-corrected chi connectivity index (χ0v) is 11.7. The van der Waals surface area contributed by atoms with Gasteiger partial charge in [0.15, 0.2) is 5.96 Å². The molecule has 2 rings (SSSR count). The molecule has 5 heteroatoms. The van der Waals surface area contributed by atoms with Crippen molar-refractivity contribution in [3.05, 3.63) is 54.2 Å². The summed E-state index contributed by atoms with van der Waals surface area (Å²) in [5.41, 5.74) is 1.21. The van der Waals surface area contributed by atoms with Gasteiger partial charge in [0.05, 0.1) is 6.26 Å². The highest BCUT2D eigenvalue weighted by Gasteiger charge is 1.99. The molecule has 0 aliphatic rings. The molecule has 5 nitrogen and oxygen atoms in total. The Kier molecular flexibility index (Phi) is 5.64. The fourth-order valence-corrected chi connectivity index (χ4v) is 1.77. The molecule has 106 valence electrons. The summed E-state index contributed by atoms with van der Waals surface area (Å²) in [4.78, 5) is 8.57. The summed E-state index contributed by atoms with van der Waals surface area (Å²) >= 11 is 0. The molecule has 20 heavy (non-hydrogen) atoms. The van der Waals surface area contributed by atoms with Gasteiger partial charge in [0.2, 0.25) is 0 Å². The van der Waals surface area contributed by atoms with Crippen LogP contribution in [0.3, 0.4) is 0 Å². The number of nitrogens with one attached hydrogen (secondary N) is 2. The smallest absolute Gasteiger partial charge is 0.191 e. The van der Waals surface area contributed by atoms with E-state index in [2.05, 4.69) is 26.7 Å². The van der Waals surface area contributed by atoms with E-state index in [0.29, 0.717) is 6.54 Å². The highest BCUT2D eigenvalue weighted by Crippen LogP contribution is 2.01. The van der Waals surface area contributed by atoms with Crippen LogP contribution in [0.5, 0.6) is 0 Å². The zero-order chi connectivity index (χ0) is 14.0. The third-order valence-corrected chi connectivity index (χ3v) is 2.75. The molecule has 2 N–H and O–H groups in total. The minimum atomic E-state index is 0.537. The van der Waals surface area contributed by atoms with E-state index in [4.69, 9.17) is 4.42 Å². The molecule has 0 fully saturated rings. The second-order valence-corrected chi connectivity index (χ2v) is 4.31. The molecule has 2 aromatic heterocycles. The zero-order valence-electron chi connectivity index (χ0n) is 11.7. The van der Waals surface area contributed by atoms with Crippen LogP contribution in [0, 0.1) is 0 Å². The van der Waals surface area contributed by atoms with Gasteiger partial charge in [-0.25, -0.2) is 4.99 Å². The van der Waals surface area contributed by atoms with Crippen molar-refractivity contribution in [1.29, 1.82) is 0 Å². The van der Waals surface area contributed by atoms with Crippen molar-refractivity contribution >= 4 is 5.96 Å². The van der Waals surface area contributed by atoms with Gasteiger partial charge in [-0.2, -0.15) is 0 Å². The molecule has 0 saturated heterocycles. The van der Waals surface area contributed by atoms with Crippen molar-refractivity contribution in [2.75, 3.05) is 13.1 Å². The molecule has 0 aromatic carbocycles. The molecule has 0 aliphatic carbocycles. The number of rotatable bonds is 6. The Bertz CT molecular complexity index is 508. The minimum absolute atomic E-state index is 0.537. The van der Waals surface area contributed by atoms with Crippen molar-refractivity contribution < 1.29 is 4.42 Å². The van der Waals surface area contributed by atoms with Crippen LogP contribution in [0.2, 0.25) is 0 Å². The van der Waals surface area contributed by atoms with Crippen molar-refractivity contribution in [3.8, 4) is 0 Å². The summed E-state index contributed by atoms with van der Waals surface area (Å²) in [7, 11) is 0. The van der Waals surface area contributed by atoms with Crippen LogP contribution >= 0.6 is 0 Å². The maximum absolute atomic E-state index is 5.26. The number of hydrogen-bond donors (Lipinski definition) is 2. The Balaban J connectivity index is 1.81. The highest BCUT2D eigenvalue weighted by molar-refractivity contribution is 5.79. The van der Waals surface area contributed by atoms with Gasteiger partial charge in [-0.3, -0.25) is 4.98 Å². The monoisotopic (exact) mass is 272 g/mol. The first-order chi connectivity index (χ1) is 9.88. The maximum Gasteiger partial charge on any atom is 0.191 e. The molecule has 0 radical (unpaired) electrons. The molecular weight excluding hydrogens is 252 g/mol.